The molecule has 5 rings (SSSR count). The average Bonchev–Trinajstić information content (AvgIpc) is 2.85. The monoisotopic (exact) mass is 490 g/mol. The summed E-state index contributed by atoms with van der Waals surface area (Å²) in [4.78, 5) is 31.9. The summed E-state index contributed by atoms with van der Waals surface area (Å²) in [5.41, 5.74) is 4.43. The first-order valence-corrected chi connectivity index (χ1v) is 13.1. The van der Waals surface area contributed by atoms with Crippen LogP contribution in [0.5, 0.6) is 0 Å². The lowest BCUT2D eigenvalue weighted by atomic mass is 9.62. The van der Waals surface area contributed by atoms with Gasteiger partial charge in [-0.05, 0) is 49.1 Å². The van der Waals surface area contributed by atoms with E-state index in [0.717, 1.165) is 48.9 Å². The van der Waals surface area contributed by atoms with Crippen LogP contribution in [0.2, 0.25) is 5.02 Å². The van der Waals surface area contributed by atoms with Crippen molar-refractivity contribution in [3.8, 4) is 11.3 Å². The zero-order valence-electron chi connectivity index (χ0n) is 19.1. The van der Waals surface area contributed by atoms with Crippen LogP contribution in [0, 0.1) is 0 Å². The number of benzene rings is 2. The van der Waals surface area contributed by atoms with E-state index in [4.69, 9.17) is 16.6 Å². The Bertz CT molecular complexity index is 1310. The standard InChI is InChI=1S/C28H27ClN2O2S/c1-2-16-31-26(33)24-25(30-27(31)34-18-23(32)19-10-12-21(29)13-11-19)22-9-5-4-8-20(22)17-28(24)14-6-3-7-15-28/h2,4-5,8-13H,1,3,6-7,14-18H2. The summed E-state index contributed by atoms with van der Waals surface area (Å²) in [6.07, 6.45) is 8.13. The molecular formula is C28H27ClN2O2S. The molecule has 0 atom stereocenters. The number of carbonyl (C=O) groups excluding carboxylic acids is 1. The SMILES string of the molecule is C=CCn1c(SCC(=O)c2ccc(Cl)cc2)nc2c(c1=O)C1(CCCCC1)Cc1ccccc1-2. The van der Waals surface area contributed by atoms with Gasteiger partial charge in [-0.15, -0.1) is 6.58 Å². The zero-order chi connectivity index (χ0) is 23.7. The Balaban J connectivity index is 1.59. The molecule has 1 heterocycles. The largest absolute Gasteiger partial charge is 0.293 e. The zero-order valence-corrected chi connectivity index (χ0v) is 20.6. The molecule has 2 aromatic carbocycles. The highest BCUT2D eigenvalue weighted by atomic mass is 35.5. The van der Waals surface area contributed by atoms with Crippen LogP contribution in [0.3, 0.4) is 0 Å². The summed E-state index contributed by atoms with van der Waals surface area (Å²) in [6, 6.07) is 15.2. The molecule has 34 heavy (non-hydrogen) atoms. The van der Waals surface area contributed by atoms with Crippen LogP contribution in [-0.4, -0.2) is 21.1 Å². The van der Waals surface area contributed by atoms with Crippen LogP contribution >= 0.6 is 23.4 Å². The first-order chi connectivity index (χ1) is 16.5. The predicted octanol–water partition coefficient (Wildman–Crippen LogP) is 6.48. The van der Waals surface area contributed by atoms with Gasteiger partial charge in [-0.25, -0.2) is 4.98 Å². The number of hydrogen-bond acceptors (Lipinski definition) is 4. The quantitative estimate of drug-likeness (QED) is 0.172. The maximum atomic E-state index is 14.0. The van der Waals surface area contributed by atoms with E-state index in [1.807, 2.05) is 6.07 Å². The van der Waals surface area contributed by atoms with Crippen molar-refractivity contribution in [1.29, 1.82) is 0 Å². The first-order valence-electron chi connectivity index (χ1n) is 11.8. The summed E-state index contributed by atoms with van der Waals surface area (Å²) in [6.45, 7) is 4.23. The van der Waals surface area contributed by atoms with Crippen molar-refractivity contribution >= 4 is 29.1 Å². The van der Waals surface area contributed by atoms with Gasteiger partial charge in [-0.2, -0.15) is 0 Å². The van der Waals surface area contributed by atoms with Crippen LogP contribution in [0.4, 0.5) is 0 Å². The number of halogens is 1. The molecule has 0 amide bonds. The van der Waals surface area contributed by atoms with Gasteiger partial charge in [0.25, 0.3) is 5.56 Å². The second kappa shape index (κ2) is 9.55. The van der Waals surface area contributed by atoms with Gasteiger partial charge in [-0.3, -0.25) is 14.2 Å². The fourth-order valence-electron chi connectivity index (χ4n) is 5.47. The van der Waals surface area contributed by atoms with E-state index >= 15 is 0 Å². The van der Waals surface area contributed by atoms with E-state index in [1.54, 1.807) is 34.9 Å². The van der Waals surface area contributed by atoms with E-state index in [1.165, 1.54) is 23.7 Å². The summed E-state index contributed by atoms with van der Waals surface area (Å²) in [5.74, 6) is 0.166. The van der Waals surface area contributed by atoms with Crippen LogP contribution in [0.1, 0.15) is 53.6 Å². The van der Waals surface area contributed by atoms with E-state index in [9.17, 15) is 9.59 Å². The average molecular weight is 491 g/mol. The molecule has 6 heteroatoms. The maximum Gasteiger partial charge on any atom is 0.258 e. The lowest BCUT2D eigenvalue weighted by Crippen LogP contribution is -2.43. The highest BCUT2D eigenvalue weighted by molar-refractivity contribution is 7.99. The Morgan fingerprint density at radius 3 is 2.59 bits per heavy atom. The van der Waals surface area contributed by atoms with E-state index in [0.29, 0.717) is 22.3 Å². The molecule has 0 saturated heterocycles. The van der Waals surface area contributed by atoms with Crippen molar-refractivity contribution in [3.05, 3.63) is 93.3 Å². The minimum atomic E-state index is -0.155. The highest BCUT2D eigenvalue weighted by Crippen LogP contribution is 2.48. The van der Waals surface area contributed by atoms with Crippen LogP contribution < -0.4 is 5.56 Å². The molecule has 174 valence electrons. The van der Waals surface area contributed by atoms with Gasteiger partial charge in [0, 0.05) is 28.1 Å². The third-order valence-corrected chi connectivity index (χ3v) is 8.32. The summed E-state index contributed by atoms with van der Waals surface area (Å²) in [7, 11) is 0. The Morgan fingerprint density at radius 1 is 1.12 bits per heavy atom. The number of fused-ring (bicyclic) bond motifs is 4. The molecule has 1 aromatic heterocycles. The molecule has 2 aliphatic carbocycles. The molecule has 0 N–H and O–H groups in total. The summed E-state index contributed by atoms with van der Waals surface area (Å²) < 4.78 is 1.70. The fourth-order valence-corrected chi connectivity index (χ4v) is 6.49. The number of thioether (sulfide) groups is 1. The molecule has 0 aliphatic heterocycles. The lowest BCUT2D eigenvalue weighted by Gasteiger charge is -2.42. The summed E-state index contributed by atoms with van der Waals surface area (Å²) >= 11 is 7.27. The van der Waals surface area contributed by atoms with Gasteiger partial charge in [0.2, 0.25) is 0 Å². The molecular weight excluding hydrogens is 464 g/mol. The summed E-state index contributed by atoms with van der Waals surface area (Å²) in [5, 5.41) is 1.16. The molecule has 0 radical (unpaired) electrons. The van der Waals surface area contributed by atoms with Crippen molar-refractivity contribution in [2.45, 2.75) is 55.6 Å². The van der Waals surface area contributed by atoms with E-state index in [2.05, 4.69) is 24.8 Å². The Labute approximate surface area is 209 Å². The normalized spacial score (nSPS) is 16.0. The second-order valence-electron chi connectivity index (χ2n) is 9.22. The topological polar surface area (TPSA) is 52.0 Å². The highest BCUT2D eigenvalue weighted by Gasteiger charge is 2.43. The predicted molar refractivity (Wildman–Crippen MR) is 139 cm³/mol. The number of allylic oxidation sites excluding steroid dienone is 1. The number of aromatic nitrogens is 2. The molecule has 0 unspecified atom stereocenters. The molecule has 1 fully saturated rings. The van der Waals surface area contributed by atoms with Gasteiger partial charge in [0.15, 0.2) is 10.9 Å². The first kappa shape index (κ1) is 23.1. The Morgan fingerprint density at radius 2 is 1.85 bits per heavy atom. The maximum absolute atomic E-state index is 14.0. The molecule has 2 aliphatic rings. The van der Waals surface area contributed by atoms with Crippen molar-refractivity contribution < 1.29 is 4.79 Å². The van der Waals surface area contributed by atoms with Gasteiger partial charge in [0.1, 0.15) is 0 Å². The minimum absolute atomic E-state index is 0.0164. The van der Waals surface area contributed by atoms with Gasteiger partial charge in [0.05, 0.1) is 17.0 Å². The van der Waals surface area contributed by atoms with E-state index in [-0.39, 0.29) is 22.5 Å². The van der Waals surface area contributed by atoms with Crippen molar-refractivity contribution in [3.63, 3.8) is 0 Å². The molecule has 3 aromatic rings. The number of hydrogen-bond donors (Lipinski definition) is 0. The van der Waals surface area contributed by atoms with Crippen LogP contribution in [0.15, 0.2) is 71.1 Å². The van der Waals surface area contributed by atoms with Crippen molar-refractivity contribution in [2.24, 2.45) is 0 Å². The lowest BCUT2D eigenvalue weighted by molar-refractivity contribution is 0.102. The van der Waals surface area contributed by atoms with Gasteiger partial charge >= 0.3 is 0 Å². The number of ketones is 1. The third-order valence-electron chi connectivity index (χ3n) is 7.09. The molecule has 0 bridgehead atoms. The van der Waals surface area contributed by atoms with Crippen LogP contribution in [-0.2, 0) is 18.4 Å². The van der Waals surface area contributed by atoms with E-state index < -0.39 is 0 Å². The molecule has 4 nitrogen and oxygen atoms in total. The number of rotatable bonds is 6. The molecule has 1 saturated carbocycles. The van der Waals surface area contributed by atoms with Gasteiger partial charge in [-0.1, -0.05) is 73.0 Å². The smallest absolute Gasteiger partial charge is 0.258 e. The minimum Gasteiger partial charge on any atom is -0.293 e. The number of carbonyl (C=O) groups is 1. The Hall–Kier alpha value is -2.63. The van der Waals surface area contributed by atoms with Crippen molar-refractivity contribution in [2.75, 3.05) is 5.75 Å². The Kier molecular flexibility index (Phi) is 6.50. The second-order valence-corrected chi connectivity index (χ2v) is 10.6. The van der Waals surface area contributed by atoms with Crippen LogP contribution in [0.25, 0.3) is 11.3 Å². The number of nitrogens with zero attached hydrogens (tertiary/aromatic N) is 2. The fraction of sp³-hybridized carbons (Fsp3) is 0.321. The third kappa shape index (κ3) is 4.16. The van der Waals surface area contributed by atoms with Gasteiger partial charge < -0.3 is 0 Å². The van der Waals surface area contributed by atoms with Crippen molar-refractivity contribution in [1.82, 2.24) is 9.55 Å². The molecule has 1 spiro atoms. The number of Topliss-reactive ketones (excluding diaryl/α,β-unsaturated/α-hetero) is 1.